The van der Waals surface area contributed by atoms with Gasteiger partial charge in [0.25, 0.3) is 0 Å². The lowest BCUT2D eigenvalue weighted by Crippen LogP contribution is -2.66. The quantitative estimate of drug-likeness (QED) is 0.726. The van der Waals surface area contributed by atoms with E-state index >= 15 is 0 Å². The van der Waals surface area contributed by atoms with Gasteiger partial charge in [0.2, 0.25) is 0 Å². The monoisotopic (exact) mass is 336 g/mol. The molecule has 3 nitrogen and oxygen atoms in total. The Hall–Kier alpha value is -0.410. The van der Waals surface area contributed by atoms with Crippen molar-refractivity contribution in [3.63, 3.8) is 0 Å². The van der Waals surface area contributed by atoms with E-state index in [1.54, 1.807) is 6.92 Å². The fourth-order valence-electron chi connectivity index (χ4n) is 4.92. The van der Waals surface area contributed by atoms with Crippen LogP contribution in [-0.2, 0) is 4.79 Å². The number of ketones is 1. The van der Waals surface area contributed by atoms with Gasteiger partial charge in [-0.1, -0.05) is 27.7 Å². The molecule has 0 N–H and O–H groups in total. The smallest absolute Gasteiger partial charge is 0.129 e. The van der Waals surface area contributed by atoms with E-state index in [-0.39, 0.29) is 0 Å². The summed E-state index contributed by atoms with van der Waals surface area (Å²) in [7, 11) is 0. The summed E-state index contributed by atoms with van der Waals surface area (Å²) in [5.74, 6) is 2.23. The van der Waals surface area contributed by atoms with Crippen molar-refractivity contribution >= 4 is 5.78 Å². The molecule has 0 atom stereocenters. The number of nitrogens with zero attached hydrogens (tertiary/aromatic N) is 2. The minimum atomic E-state index is 0.334. The molecular formula is C21H40N2O. The first kappa shape index (κ1) is 19.9. The van der Waals surface area contributed by atoms with E-state index in [1.807, 2.05) is 13.8 Å². The molecule has 3 aliphatic rings. The Morgan fingerprint density at radius 3 is 2.21 bits per heavy atom. The van der Waals surface area contributed by atoms with Gasteiger partial charge in [0.1, 0.15) is 5.78 Å². The molecule has 24 heavy (non-hydrogen) atoms. The van der Waals surface area contributed by atoms with Crippen LogP contribution in [-0.4, -0.2) is 54.3 Å². The maximum atomic E-state index is 11.0. The van der Waals surface area contributed by atoms with Crippen LogP contribution in [0.3, 0.4) is 0 Å². The first-order chi connectivity index (χ1) is 11.5. The van der Waals surface area contributed by atoms with E-state index in [2.05, 4.69) is 23.6 Å². The summed E-state index contributed by atoms with van der Waals surface area (Å²) in [6.07, 6.45) is 7.46. The summed E-state index contributed by atoms with van der Waals surface area (Å²) in [4.78, 5) is 16.3. The number of piperidine rings is 1. The maximum Gasteiger partial charge on any atom is 0.129 e. The van der Waals surface area contributed by atoms with Gasteiger partial charge in [0.05, 0.1) is 0 Å². The van der Waals surface area contributed by atoms with Crippen LogP contribution in [0.5, 0.6) is 0 Å². The number of carbonyl (C=O) groups excluding carboxylic acids is 1. The highest BCUT2D eigenvalue weighted by Gasteiger charge is 2.53. The van der Waals surface area contributed by atoms with Crippen molar-refractivity contribution in [2.24, 2.45) is 17.3 Å². The second-order valence-electron chi connectivity index (χ2n) is 8.70. The van der Waals surface area contributed by atoms with Gasteiger partial charge in [0, 0.05) is 25.6 Å². The highest BCUT2D eigenvalue weighted by atomic mass is 16.1. The number of Topliss-reactive ketones (excluding diaryl/α,β-unsaturated/α-hetero) is 1. The fraction of sp³-hybridized carbons (Fsp3) is 0.952. The molecule has 0 amide bonds. The Kier molecular flexibility index (Phi) is 7.30. The molecule has 0 unspecified atom stereocenters. The lowest BCUT2D eigenvalue weighted by Gasteiger charge is -2.62. The average Bonchev–Trinajstić information content (AvgIpc) is 2.47. The van der Waals surface area contributed by atoms with Gasteiger partial charge in [-0.3, -0.25) is 4.90 Å². The summed E-state index contributed by atoms with van der Waals surface area (Å²) in [6.45, 7) is 16.8. The van der Waals surface area contributed by atoms with Crippen molar-refractivity contribution in [3.05, 3.63) is 0 Å². The van der Waals surface area contributed by atoms with Crippen molar-refractivity contribution in [2.45, 2.75) is 79.2 Å². The van der Waals surface area contributed by atoms with Crippen molar-refractivity contribution in [1.82, 2.24) is 9.80 Å². The number of hydrogen-bond donors (Lipinski definition) is 0. The van der Waals surface area contributed by atoms with Gasteiger partial charge in [-0.25, -0.2) is 0 Å². The van der Waals surface area contributed by atoms with Crippen molar-refractivity contribution in [3.8, 4) is 0 Å². The minimum absolute atomic E-state index is 0.334. The lowest BCUT2D eigenvalue weighted by atomic mass is 9.55. The number of rotatable bonds is 6. The molecule has 3 heteroatoms. The fourth-order valence-corrected chi connectivity index (χ4v) is 4.92. The van der Waals surface area contributed by atoms with E-state index in [4.69, 9.17) is 0 Å². The summed E-state index contributed by atoms with van der Waals surface area (Å²) in [6, 6.07) is 0.841. The van der Waals surface area contributed by atoms with E-state index in [9.17, 15) is 4.79 Å². The van der Waals surface area contributed by atoms with E-state index < -0.39 is 0 Å². The van der Waals surface area contributed by atoms with Crippen molar-refractivity contribution in [2.75, 3.05) is 32.7 Å². The molecule has 1 saturated carbocycles. The highest BCUT2D eigenvalue weighted by Crippen LogP contribution is 2.55. The highest BCUT2D eigenvalue weighted by molar-refractivity contribution is 5.75. The standard InChI is InChI=1S/C19H34N2O.C2H6/c1-15(2)17-11-19(12-17)13-21(14-19)18-6-9-20(10-7-18)8-4-5-16(3)22;1-2/h15,17-18H,4-14H2,1-3H3;1-2H3. The van der Waals surface area contributed by atoms with Gasteiger partial charge >= 0.3 is 0 Å². The largest absolute Gasteiger partial charge is 0.303 e. The van der Waals surface area contributed by atoms with E-state index in [0.717, 1.165) is 42.7 Å². The molecule has 1 spiro atoms. The van der Waals surface area contributed by atoms with Crippen LogP contribution < -0.4 is 0 Å². The number of hydrogen-bond acceptors (Lipinski definition) is 3. The van der Waals surface area contributed by atoms with Gasteiger partial charge in [0.15, 0.2) is 0 Å². The molecule has 0 aromatic rings. The third-order valence-electron chi connectivity index (χ3n) is 6.49. The van der Waals surface area contributed by atoms with Crippen LogP contribution in [0.15, 0.2) is 0 Å². The first-order valence-electron chi connectivity index (χ1n) is 10.4. The van der Waals surface area contributed by atoms with Crippen LogP contribution in [0.1, 0.15) is 73.1 Å². The molecule has 0 radical (unpaired) electrons. The molecule has 0 aromatic heterocycles. The summed E-state index contributed by atoms with van der Waals surface area (Å²) in [5.41, 5.74) is 0.730. The number of carbonyl (C=O) groups is 1. The predicted molar refractivity (Wildman–Crippen MR) is 102 cm³/mol. The Labute approximate surface area is 150 Å². The molecule has 2 heterocycles. The molecular weight excluding hydrogens is 296 g/mol. The maximum absolute atomic E-state index is 11.0. The summed E-state index contributed by atoms with van der Waals surface area (Å²) < 4.78 is 0. The Morgan fingerprint density at radius 2 is 1.71 bits per heavy atom. The zero-order valence-corrected chi connectivity index (χ0v) is 16.8. The molecule has 3 fully saturated rings. The third-order valence-corrected chi connectivity index (χ3v) is 6.49. The van der Waals surface area contributed by atoms with Crippen LogP contribution >= 0.6 is 0 Å². The Bertz CT molecular complexity index is 385. The van der Waals surface area contributed by atoms with E-state index in [1.165, 1.54) is 51.9 Å². The van der Waals surface area contributed by atoms with Gasteiger partial charge in [-0.15, -0.1) is 0 Å². The molecule has 3 rings (SSSR count). The Balaban J connectivity index is 0.00000100. The molecule has 2 aliphatic heterocycles. The molecule has 140 valence electrons. The van der Waals surface area contributed by atoms with Crippen molar-refractivity contribution < 1.29 is 4.79 Å². The lowest BCUT2D eigenvalue weighted by molar-refractivity contribution is -0.129. The van der Waals surface area contributed by atoms with Gasteiger partial charge < -0.3 is 9.69 Å². The zero-order valence-electron chi connectivity index (χ0n) is 16.8. The average molecular weight is 337 g/mol. The summed E-state index contributed by atoms with van der Waals surface area (Å²) >= 11 is 0. The Morgan fingerprint density at radius 1 is 1.12 bits per heavy atom. The van der Waals surface area contributed by atoms with Gasteiger partial charge in [-0.05, 0) is 75.9 Å². The zero-order chi connectivity index (χ0) is 17.7. The second-order valence-corrected chi connectivity index (χ2v) is 8.70. The normalized spacial score (nSPS) is 25.1. The van der Waals surface area contributed by atoms with Crippen LogP contribution in [0.2, 0.25) is 0 Å². The van der Waals surface area contributed by atoms with Crippen LogP contribution in [0.25, 0.3) is 0 Å². The molecule has 2 saturated heterocycles. The third kappa shape index (κ3) is 4.82. The SMILES string of the molecule is CC.CC(=O)CCCN1CCC(N2CC3(CC(C(C)C)C3)C2)CC1. The minimum Gasteiger partial charge on any atom is -0.303 e. The van der Waals surface area contributed by atoms with E-state index in [0.29, 0.717) is 5.78 Å². The molecule has 0 aromatic carbocycles. The van der Waals surface area contributed by atoms with Crippen LogP contribution in [0, 0.1) is 17.3 Å². The summed E-state index contributed by atoms with van der Waals surface area (Å²) in [5, 5.41) is 0. The molecule has 1 aliphatic carbocycles. The second kappa shape index (κ2) is 8.80. The van der Waals surface area contributed by atoms with Crippen molar-refractivity contribution in [1.29, 1.82) is 0 Å². The topological polar surface area (TPSA) is 23.6 Å². The predicted octanol–water partition coefficient (Wildman–Crippen LogP) is 4.21. The molecule has 0 bridgehead atoms. The van der Waals surface area contributed by atoms with Gasteiger partial charge in [-0.2, -0.15) is 0 Å². The van der Waals surface area contributed by atoms with Crippen LogP contribution in [0.4, 0.5) is 0 Å². The first-order valence-corrected chi connectivity index (χ1v) is 10.4. The number of likely N-dealkylation sites (tertiary alicyclic amines) is 2.